The topological polar surface area (TPSA) is 92.4 Å². The molecule has 3 rings (SSSR count). The number of nitrogens with zero attached hydrogens (tertiary/aromatic N) is 3. The number of likely N-dealkylation sites (tertiary alicyclic amines) is 1. The van der Waals surface area contributed by atoms with E-state index in [0.29, 0.717) is 24.4 Å². The zero-order valence-corrected chi connectivity index (χ0v) is 16.6. The van der Waals surface area contributed by atoms with Crippen LogP contribution in [0.2, 0.25) is 0 Å². The standard InChI is InChI=1S/C18H25N5O3.ClH/c1-12-15(6-9-26-12)17(24)21-14-4-7-23(8-5-14)18(25)16(19-2)13-10-20-22(3)11-13;/h6,9-11,14,16,19H,4-5,7-8H2,1-3H3,(H,21,24);1H. The van der Waals surface area contributed by atoms with Crippen LogP contribution in [0.15, 0.2) is 29.1 Å². The van der Waals surface area contributed by atoms with Crippen LogP contribution in [-0.2, 0) is 11.8 Å². The van der Waals surface area contributed by atoms with Crippen LogP contribution < -0.4 is 10.6 Å². The Morgan fingerprint density at radius 3 is 2.56 bits per heavy atom. The van der Waals surface area contributed by atoms with Gasteiger partial charge in [-0.1, -0.05) is 0 Å². The lowest BCUT2D eigenvalue weighted by Crippen LogP contribution is -2.49. The normalized spacial score (nSPS) is 15.9. The Hall–Kier alpha value is -2.32. The lowest BCUT2D eigenvalue weighted by atomic mass is 10.0. The molecule has 2 amide bonds. The fourth-order valence-electron chi connectivity index (χ4n) is 3.33. The molecule has 1 aliphatic heterocycles. The van der Waals surface area contributed by atoms with Gasteiger partial charge >= 0.3 is 0 Å². The Labute approximate surface area is 164 Å². The second kappa shape index (κ2) is 9.05. The summed E-state index contributed by atoms with van der Waals surface area (Å²) in [6.07, 6.45) is 6.54. The van der Waals surface area contributed by atoms with E-state index in [9.17, 15) is 9.59 Å². The Kier molecular flexibility index (Phi) is 7.04. The highest BCUT2D eigenvalue weighted by Gasteiger charge is 2.30. The molecule has 0 aliphatic carbocycles. The summed E-state index contributed by atoms with van der Waals surface area (Å²) in [6, 6.07) is 1.34. The number of furan rings is 1. The first-order valence-electron chi connectivity index (χ1n) is 8.79. The minimum Gasteiger partial charge on any atom is -0.469 e. The van der Waals surface area contributed by atoms with Crippen molar-refractivity contribution < 1.29 is 14.0 Å². The number of likely N-dealkylation sites (N-methyl/N-ethyl adjacent to an activating group) is 1. The summed E-state index contributed by atoms with van der Waals surface area (Å²) in [5.41, 5.74) is 1.42. The second-order valence-electron chi connectivity index (χ2n) is 6.63. The van der Waals surface area contributed by atoms with Gasteiger partial charge in [-0.15, -0.1) is 12.4 Å². The Bertz CT molecular complexity index is 780. The van der Waals surface area contributed by atoms with Crippen molar-refractivity contribution in [2.45, 2.75) is 31.8 Å². The van der Waals surface area contributed by atoms with Gasteiger partial charge in [0.15, 0.2) is 0 Å². The zero-order chi connectivity index (χ0) is 18.7. The summed E-state index contributed by atoms with van der Waals surface area (Å²) in [7, 11) is 3.60. The molecule has 9 heteroatoms. The molecule has 1 atom stereocenters. The molecule has 3 heterocycles. The van der Waals surface area contributed by atoms with E-state index >= 15 is 0 Å². The number of aromatic nitrogens is 2. The minimum absolute atomic E-state index is 0. The van der Waals surface area contributed by atoms with Crippen molar-refractivity contribution in [3.8, 4) is 0 Å². The van der Waals surface area contributed by atoms with Gasteiger partial charge in [-0.25, -0.2) is 0 Å². The molecule has 2 aromatic heterocycles. The van der Waals surface area contributed by atoms with Crippen molar-refractivity contribution >= 4 is 24.2 Å². The third kappa shape index (κ3) is 4.70. The van der Waals surface area contributed by atoms with Crippen LogP contribution in [-0.4, -0.2) is 52.7 Å². The number of amides is 2. The summed E-state index contributed by atoms with van der Waals surface area (Å²) in [5.74, 6) is 0.531. The molecule has 0 spiro atoms. The van der Waals surface area contributed by atoms with Gasteiger partial charge < -0.3 is 20.0 Å². The molecule has 2 aromatic rings. The summed E-state index contributed by atoms with van der Waals surface area (Å²) < 4.78 is 6.87. The average Bonchev–Trinajstić information content (AvgIpc) is 3.24. The molecule has 1 aliphatic rings. The number of carbonyl (C=O) groups is 2. The molecule has 1 fully saturated rings. The van der Waals surface area contributed by atoms with E-state index in [1.54, 1.807) is 30.9 Å². The summed E-state index contributed by atoms with van der Waals surface area (Å²) in [4.78, 5) is 27.0. The van der Waals surface area contributed by atoms with Crippen LogP contribution in [0.3, 0.4) is 0 Å². The maximum Gasteiger partial charge on any atom is 0.255 e. The van der Waals surface area contributed by atoms with E-state index in [4.69, 9.17) is 4.42 Å². The van der Waals surface area contributed by atoms with E-state index in [2.05, 4.69) is 15.7 Å². The first kappa shape index (κ1) is 21.0. The third-order valence-corrected chi connectivity index (χ3v) is 4.84. The van der Waals surface area contributed by atoms with Gasteiger partial charge in [0.25, 0.3) is 5.91 Å². The highest BCUT2D eigenvalue weighted by molar-refractivity contribution is 5.95. The molecule has 0 saturated carbocycles. The lowest BCUT2D eigenvalue weighted by molar-refractivity contribution is -0.134. The first-order valence-corrected chi connectivity index (χ1v) is 8.79. The monoisotopic (exact) mass is 395 g/mol. The van der Waals surface area contributed by atoms with E-state index in [1.165, 1.54) is 6.26 Å². The number of rotatable bonds is 5. The van der Waals surface area contributed by atoms with Crippen molar-refractivity contribution in [2.75, 3.05) is 20.1 Å². The molecule has 8 nitrogen and oxygen atoms in total. The Morgan fingerprint density at radius 1 is 1.33 bits per heavy atom. The van der Waals surface area contributed by atoms with E-state index < -0.39 is 6.04 Å². The van der Waals surface area contributed by atoms with Gasteiger partial charge in [0.2, 0.25) is 5.91 Å². The van der Waals surface area contributed by atoms with Gasteiger partial charge in [0.1, 0.15) is 11.8 Å². The zero-order valence-electron chi connectivity index (χ0n) is 15.8. The maximum absolute atomic E-state index is 12.8. The third-order valence-electron chi connectivity index (χ3n) is 4.84. The number of halogens is 1. The van der Waals surface area contributed by atoms with Crippen LogP contribution >= 0.6 is 12.4 Å². The number of piperidine rings is 1. The minimum atomic E-state index is -0.400. The summed E-state index contributed by atoms with van der Waals surface area (Å²) in [6.45, 7) is 3.01. The Morgan fingerprint density at radius 2 is 2.04 bits per heavy atom. The van der Waals surface area contributed by atoms with Crippen LogP contribution in [0.1, 0.15) is 40.6 Å². The highest BCUT2D eigenvalue weighted by Crippen LogP contribution is 2.19. The van der Waals surface area contributed by atoms with E-state index in [0.717, 1.165) is 18.4 Å². The molecule has 1 unspecified atom stereocenters. The van der Waals surface area contributed by atoms with Crippen molar-refractivity contribution in [1.29, 1.82) is 0 Å². The average molecular weight is 396 g/mol. The largest absolute Gasteiger partial charge is 0.469 e. The molecule has 148 valence electrons. The molecule has 0 bridgehead atoms. The van der Waals surface area contributed by atoms with Gasteiger partial charge in [-0.05, 0) is 32.9 Å². The van der Waals surface area contributed by atoms with Gasteiger partial charge in [-0.2, -0.15) is 5.10 Å². The SMILES string of the molecule is CNC(C(=O)N1CCC(NC(=O)c2ccoc2C)CC1)c1cnn(C)c1.Cl. The predicted octanol–water partition coefficient (Wildman–Crippen LogP) is 1.42. The summed E-state index contributed by atoms with van der Waals surface area (Å²) >= 11 is 0. The van der Waals surface area contributed by atoms with E-state index in [-0.39, 0.29) is 30.3 Å². The van der Waals surface area contributed by atoms with Crippen LogP contribution in [0, 0.1) is 6.92 Å². The molecular formula is C18H26ClN5O3. The number of hydrogen-bond donors (Lipinski definition) is 2. The number of nitrogens with one attached hydrogen (secondary N) is 2. The molecular weight excluding hydrogens is 370 g/mol. The van der Waals surface area contributed by atoms with Gasteiger partial charge in [0.05, 0.1) is 18.0 Å². The number of aryl methyl sites for hydroxylation is 2. The van der Waals surface area contributed by atoms with Gasteiger partial charge in [-0.3, -0.25) is 14.3 Å². The summed E-state index contributed by atoms with van der Waals surface area (Å²) in [5, 5.41) is 10.2. The lowest BCUT2D eigenvalue weighted by Gasteiger charge is -2.34. The fraction of sp³-hybridized carbons (Fsp3) is 0.500. The predicted molar refractivity (Wildman–Crippen MR) is 103 cm³/mol. The van der Waals surface area contributed by atoms with Crippen LogP contribution in [0.4, 0.5) is 0 Å². The van der Waals surface area contributed by atoms with Crippen molar-refractivity contribution in [1.82, 2.24) is 25.3 Å². The molecule has 1 saturated heterocycles. The fourth-order valence-corrected chi connectivity index (χ4v) is 3.33. The Balaban J connectivity index is 0.00000261. The number of hydrogen-bond acceptors (Lipinski definition) is 5. The first-order chi connectivity index (χ1) is 12.5. The van der Waals surface area contributed by atoms with E-state index in [1.807, 2.05) is 18.1 Å². The van der Waals surface area contributed by atoms with Crippen LogP contribution in [0.5, 0.6) is 0 Å². The van der Waals surface area contributed by atoms with Crippen molar-refractivity contribution in [3.63, 3.8) is 0 Å². The number of carbonyl (C=O) groups excluding carboxylic acids is 2. The van der Waals surface area contributed by atoms with Crippen molar-refractivity contribution in [2.24, 2.45) is 7.05 Å². The van der Waals surface area contributed by atoms with Crippen molar-refractivity contribution in [3.05, 3.63) is 41.6 Å². The maximum atomic E-state index is 12.8. The molecule has 2 N–H and O–H groups in total. The second-order valence-corrected chi connectivity index (χ2v) is 6.63. The van der Waals surface area contributed by atoms with Crippen LogP contribution in [0.25, 0.3) is 0 Å². The highest BCUT2D eigenvalue weighted by atomic mass is 35.5. The quantitative estimate of drug-likeness (QED) is 0.798. The molecule has 0 radical (unpaired) electrons. The smallest absolute Gasteiger partial charge is 0.255 e. The van der Waals surface area contributed by atoms with Gasteiger partial charge in [0, 0.05) is 37.9 Å². The molecule has 27 heavy (non-hydrogen) atoms. The molecule has 0 aromatic carbocycles.